The minimum atomic E-state index is -4.82. The number of aromatic nitrogens is 4. The fourth-order valence-corrected chi connectivity index (χ4v) is 1.49. The Labute approximate surface area is 105 Å². The molecular weight excluding hydrogens is 263 g/mol. The van der Waals surface area contributed by atoms with Crippen LogP contribution in [-0.2, 0) is 7.05 Å². The lowest BCUT2D eigenvalue weighted by Gasteiger charge is -2.07. The number of nitrogens with zero attached hydrogens (tertiary/aromatic N) is 4. The summed E-state index contributed by atoms with van der Waals surface area (Å²) in [7, 11) is 1.46. The SMILES string of the molecule is Cn1nnc(C(=O)NC(F)(F)F)c1-c1ccccn1. The summed E-state index contributed by atoms with van der Waals surface area (Å²) in [5.41, 5.74) is -0.0109. The Hall–Kier alpha value is -2.45. The van der Waals surface area contributed by atoms with Gasteiger partial charge in [0.2, 0.25) is 0 Å². The molecule has 0 unspecified atom stereocenters. The van der Waals surface area contributed by atoms with Gasteiger partial charge in [0, 0.05) is 13.2 Å². The van der Waals surface area contributed by atoms with Crippen LogP contribution in [0.15, 0.2) is 24.4 Å². The minimum absolute atomic E-state index is 0.113. The number of pyridine rings is 1. The monoisotopic (exact) mass is 271 g/mol. The third kappa shape index (κ3) is 2.87. The Balaban J connectivity index is 2.41. The van der Waals surface area contributed by atoms with Gasteiger partial charge in [-0.2, -0.15) is 13.2 Å². The molecular formula is C10H8F3N5O. The number of nitrogens with one attached hydrogen (secondary N) is 1. The lowest BCUT2D eigenvalue weighted by molar-refractivity contribution is -0.146. The van der Waals surface area contributed by atoms with Crippen LogP contribution in [0.25, 0.3) is 11.4 Å². The van der Waals surface area contributed by atoms with Gasteiger partial charge >= 0.3 is 6.30 Å². The summed E-state index contributed by atoms with van der Waals surface area (Å²) in [6.07, 6.45) is -3.37. The van der Waals surface area contributed by atoms with Gasteiger partial charge in [0.15, 0.2) is 5.69 Å². The van der Waals surface area contributed by atoms with Crippen LogP contribution >= 0.6 is 0 Å². The predicted octanol–water partition coefficient (Wildman–Crippen LogP) is 1.13. The summed E-state index contributed by atoms with van der Waals surface area (Å²) in [5.74, 6) is -1.37. The smallest absolute Gasteiger partial charge is 0.267 e. The second-order valence-corrected chi connectivity index (χ2v) is 3.58. The van der Waals surface area contributed by atoms with Gasteiger partial charge in [-0.3, -0.25) is 15.1 Å². The quantitative estimate of drug-likeness (QED) is 0.831. The van der Waals surface area contributed by atoms with Crippen molar-refractivity contribution in [1.82, 2.24) is 25.3 Å². The Kier molecular flexibility index (Phi) is 3.19. The van der Waals surface area contributed by atoms with Crippen LogP contribution in [0.5, 0.6) is 0 Å². The molecule has 1 amide bonds. The highest BCUT2D eigenvalue weighted by Crippen LogP contribution is 2.20. The first-order valence-electron chi connectivity index (χ1n) is 5.09. The van der Waals surface area contributed by atoms with Crippen LogP contribution in [-0.4, -0.2) is 32.2 Å². The van der Waals surface area contributed by atoms with E-state index < -0.39 is 17.9 Å². The Morgan fingerprint density at radius 2 is 2.11 bits per heavy atom. The lowest BCUT2D eigenvalue weighted by atomic mass is 10.2. The molecule has 0 aliphatic carbocycles. The normalized spacial score (nSPS) is 11.4. The highest BCUT2D eigenvalue weighted by atomic mass is 19.4. The zero-order valence-corrected chi connectivity index (χ0v) is 9.64. The van der Waals surface area contributed by atoms with E-state index in [9.17, 15) is 18.0 Å². The lowest BCUT2D eigenvalue weighted by Crippen LogP contribution is -2.37. The topological polar surface area (TPSA) is 72.7 Å². The summed E-state index contributed by atoms with van der Waals surface area (Å²) in [6, 6.07) is 4.83. The molecule has 0 aliphatic heterocycles. The zero-order chi connectivity index (χ0) is 14.0. The number of hydrogen-bond donors (Lipinski definition) is 1. The number of carbonyl (C=O) groups is 1. The van der Waals surface area contributed by atoms with E-state index in [1.165, 1.54) is 17.9 Å². The van der Waals surface area contributed by atoms with Crippen LogP contribution in [0.3, 0.4) is 0 Å². The van der Waals surface area contributed by atoms with E-state index in [1.807, 2.05) is 0 Å². The highest BCUT2D eigenvalue weighted by Gasteiger charge is 2.33. The van der Waals surface area contributed by atoms with E-state index in [2.05, 4.69) is 15.3 Å². The van der Waals surface area contributed by atoms with Crippen molar-refractivity contribution in [3.63, 3.8) is 0 Å². The first-order valence-corrected chi connectivity index (χ1v) is 5.09. The largest absolute Gasteiger partial charge is 0.484 e. The second-order valence-electron chi connectivity index (χ2n) is 3.58. The first kappa shape index (κ1) is 13.0. The van der Waals surface area contributed by atoms with Crippen LogP contribution < -0.4 is 5.32 Å². The van der Waals surface area contributed by atoms with Crippen LogP contribution in [0.2, 0.25) is 0 Å². The average molecular weight is 271 g/mol. The summed E-state index contributed by atoms with van der Waals surface area (Å²) in [5, 5.41) is 7.86. The molecule has 6 nitrogen and oxygen atoms in total. The molecule has 2 heterocycles. The maximum absolute atomic E-state index is 12.1. The van der Waals surface area contributed by atoms with Gasteiger partial charge in [-0.05, 0) is 12.1 Å². The molecule has 0 fully saturated rings. The van der Waals surface area contributed by atoms with Crippen LogP contribution in [0, 0.1) is 0 Å². The van der Waals surface area contributed by atoms with Crippen molar-refractivity contribution in [1.29, 1.82) is 0 Å². The molecule has 0 bridgehead atoms. The van der Waals surface area contributed by atoms with E-state index in [1.54, 1.807) is 18.2 Å². The van der Waals surface area contributed by atoms with Gasteiger partial charge in [-0.1, -0.05) is 11.3 Å². The van der Waals surface area contributed by atoms with Gasteiger partial charge in [-0.15, -0.1) is 5.10 Å². The van der Waals surface area contributed by atoms with Crippen molar-refractivity contribution >= 4 is 5.91 Å². The predicted molar refractivity (Wildman–Crippen MR) is 57.8 cm³/mol. The molecule has 9 heteroatoms. The molecule has 0 saturated carbocycles. The van der Waals surface area contributed by atoms with Gasteiger partial charge < -0.3 is 0 Å². The maximum Gasteiger partial charge on any atom is 0.484 e. The molecule has 0 aromatic carbocycles. The standard InChI is InChI=1S/C10H8F3N5O/c1-18-8(6-4-2-3-5-14-6)7(16-17-18)9(19)15-10(11,12)13/h2-5H,1H3,(H,15,19). The van der Waals surface area contributed by atoms with E-state index in [0.717, 1.165) is 5.32 Å². The van der Waals surface area contributed by atoms with E-state index in [-0.39, 0.29) is 5.69 Å². The maximum atomic E-state index is 12.1. The molecule has 0 spiro atoms. The number of alkyl halides is 3. The van der Waals surface area contributed by atoms with Crippen molar-refractivity contribution in [3.8, 4) is 11.4 Å². The fraction of sp³-hybridized carbons (Fsp3) is 0.200. The molecule has 2 rings (SSSR count). The fourth-order valence-electron chi connectivity index (χ4n) is 1.49. The molecule has 0 atom stereocenters. The zero-order valence-electron chi connectivity index (χ0n) is 9.64. The van der Waals surface area contributed by atoms with Crippen LogP contribution in [0.1, 0.15) is 10.5 Å². The van der Waals surface area contributed by atoms with Crippen molar-refractivity contribution in [2.45, 2.75) is 6.30 Å². The first-order chi connectivity index (χ1) is 8.88. The van der Waals surface area contributed by atoms with Crippen LogP contribution in [0.4, 0.5) is 13.2 Å². The molecule has 1 N–H and O–H groups in total. The molecule has 2 aromatic heterocycles. The van der Waals surface area contributed by atoms with Gasteiger partial charge in [0.1, 0.15) is 5.69 Å². The van der Waals surface area contributed by atoms with Crippen molar-refractivity contribution < 1.29 is 18.0 Å². The Morgan fingerprint density at radius 1 is 1.37 bits per heavy atom. The summed E-state index contributed by atoms with van der Waals surface area (Å²) < 4.78 is 37.6. The minimum Gasteiger partial charge on any atom is -0.267 e. The third-order valence-corrected chi connectivity index (χ3v) is 2.20. The average Bonchev–Trinajstić information content (AvgIpc) is 2.70. The number of halogens is 3. The van der Waals surface area contributed by atoms with E-state index in [4.69, 9.17) is 0 Å². The van der Waals surface area contributed by atoms with E-state index >= 15 is 0 Å². The Morgan fingerprint density at radius 3 is 2.68 bits per heavy atom. The van der Waals surface area contributed by atoms with Gasteiger partial charge in [0.05, 0.1) is 5.69 Å². The number of aryl methyl sites for hydroxylation is 1. The van der Waals surface area contributed by atoms with Crippen molar-refractivity contribution in [2.75, 3.05) is 0 Å². The van der Waals surface area contributed by atoms with Gasteiger partial charge in [-0.25, -0.2) is 4.68 Å². The second kappa shape index (κ2) is 4.67. The summed E-state index contributed by atoms with van der Waals surface area (Å²) in [6.45, 7) is 0. The molecule has 19 heavy (non-hydrogen) atoms. The number of hydrogen-bond acceptors (Lipinski definition) is 4. The highest BCUT2D eigenvalue weighted by molar-refractivity contribution is 5.97. The van der Waals surface area contributed by atoms with Crippen molar-refractivity contribution in [2.24, 2.45) is 7.05 Å². The molecule has 0 saturated heterocycles. The van der Waals surface area contributed by atoms with E-state index in [0.29, 0.717) is 5.69 Å². The summed E-state index contributed by atoms with van der Waals surface area (Å²) >= 11 is 0. The third-order valence-electron chi connectivity index (χ3n) is 2.20. The number of amides is 1. The Bertz CT molecular complexity index is 593. The molecule has 100 valence electrons. The molecule has 0 radical (unpaired) electrons. The van der Waals surface area contributed by atoms with Gasteiger partial charge in [0.25, 0.3) is 5.91 Å². The molecule has 0 aliphatic rings. The number of carbonyl (C=O) groups excluding carboxylic acids is 1. The number of rotatable bonds is 2. The molecule has 2 aromatic rings. The van der Waals surface area contributed by atoms with Crippen molar-refractivity contribution in [3.05, 3.63) is 30.1 Å². The summed E-state index contributed by atoms with van der Waals surface area (Å²) in [4.78, 5) is 15.5.